The molecule has 7 heteroatoms. The second-order valence-electron chi connectivity index (χ2n) is 7.38. The minimum absolute atomic E-state index is 0.337. The molecule has 4 heterocycles. The molecule has 0 amide bonds. The van der Waals surface area contributed by atoms with E-state index < -0.39 is 0 Å². The highest BCUT2D eigenvalue weighted by atomic mass is 15.3. The number of fused-ring (bicyclic) bond motifs is 2. The van der Waals surface area contributed by atoms with E-state index in [9.17, 15) is 0 Å². The molecule has 0 spiro atoms. The van der Waals surface area contributed by atoms with Gasteiger partial charge in [0.2, 0.25) is 0 Å². The highest BCUT2D eigenvalue weighted by Gasteiger charge is 2.19. The van der Waals surface area contributed by atoms with Crippen molar-refractivity contribution in [2.45, 2.75) is 25.4 Å². The van der Waals surface area contributed by atoms with Crippen molar-refractivity contribution in [2.24, 2.45) is 5.73 Å². The molecule has 1 fully saturated rings. The number of benzene rings is 1. The number of rotatable bonds is 4. The van der Waals surface area contributed by atoms with Gasteiger partial charge in [-0.25, -0.2) is 9.50 Å². The Morgan fingerprint density at radius 2 is 2.04 bits per heavy atom. The van der Waals surface area contributed by atoms with Gasteiger partial charge in [0, 0.05) is 47.6 Å². The maximum atomic E-state index is 6.05. The van der Waals surface area contributed by atoms with Gasteiger partial charge in [0.25, 0.3) is 0 Å². The van der Waals surface area contributed by atoms with Gasteiger partial charge >= 0.3 is 0 Å². The molecule has 0 saturated carbocycles. The van der Waals surface area contributed by atoms with Gasteiger partial charge in [-0.05, 0) is 49.7 Å². The molecule has 7 nitrogen and oxygen atoms in total. The zero-order chi connectivity index (χ0) is 18.9. The summed E-state index contributed by atoms with van der Waals surface area (Å²) < 4.78 is 1.90. The average molecular weight is 373 g/mol. The van der Waals surface area contributed by atoms with Gasteiger partial charge in [-0.15, -0.1) is 0 Å². The highest BCUT2D eigenvalue weighted by molar-refractivity contribution is 5.95. The summed E-state index contributed by atoms with van der Waals surface area (Å²) in [6.45, 7) is 2.95. The van der Waals surface area contributed by atoms with E-state index in [1.165, 1.54) is 5.56 Å². The summed E-state index contributed by atoms with van der Waals surface area (Å²) in [5.41, 5.74) is 9.30. The molecule has 3 N–H and O–H groups in total. The number of nitrogens with zero attached hydrogens (tertiary/aromatic N) is 5. The number of likely N-dealkylation sites (tertiary alicyclic amines) is 1. The van der Waals surface area contributed by atoms with Gasteiger partial charge in [0.15, 0.2) is 5.82 Å². The first-order valence-corrected chi connectivity index (χ1v) is 9.67. The van der Waals surface area contributed by atoms with Crippen molar-refractivity contribution in [3.8, 4) is 0 Å². The van der Waals surface area contributed by atoms with E-state index in [0.717, 1.165) is 60.3 Å². The molecule has 0 atom stereocenters. The van der Waals surface area contributed by atoms with Crippen molar-refractivity contribution in [1.29, 1.82) is 0 Å². The lowest BCUT2D eigenvalue weighted by atomic mass is 10.1. The van der Waals surface area contributed by atoms with E-state index in [1.54, 1.807) is 6.33 Å². The molecule has 0 aliphatic carbocycles. The standard InChI is InChI=1S/C21H23N7/c22-17-6-9-27(10-7-17)13-16-5-11-28-20(16)21(24-14-25-28)26-19-3-1-2-15-12-23-8-4-18(15)19/h1-5,8,11-12,14,17H,6-7,9-10,13,22H2,(H,24,25,26). The zero-order valence-electron chi connectivity index (χ0n) is 15.6. The molecule has 5 rings (SSSR count). The van der Waals surface area contributed by atoms with Crippen LogP contribution in [0.1, 0.15) is 18.4 Å². The Bertz CT molecular complexity index is 1110. The average Bonchev–Trinajstić information content (AvgIpc) is 3.14. The lowest BCUT2D eigenvalue weighted by Gasteiger charge is -2.29. The van der Waals surface area contributed by atoms with Crippen LogP contribution in [-0.2, 0) is 6.54 Å². The number of anilines is 2. The van der Waals surface area contributed by atoms with Crippen LogP contribution in [0, 0.1) is 0 Å². The molecule has 0 unspecified atom stereocenters. The number of aromatic nitrogens is 4. The molecule has 3 aromatic heterocycles. The quantitative estimate of drug-likeness (QED) is 0.572. The fourth-order valence-corrected chi connectivity index (χ4v) is 3.95. The van der Waals surface area contributed by atoms with E-state index >= 15 is 0 Å². The first-order chi connectivity index (χ1) is 13.8. The molecule has 1 saturated heterocycles. The summed E-state index contributed by atoms with van der Waals surface area (Å²) in [6, 6.07) is 10.6. The van der Waals surface area contributed by atoms with E-state index in [2.05, 4.69) is 43.5 Å². The highest BCUT2D eigenvalue weighted by Crippen LogP contribution is 2.28. The summed E-state index contributed by atoms with van der Waals surface area (Å²) in [5, 5.41) is 10.1. The summed E-state index contributed by atoms with van der Waals surface area (Å²) in [4.78, 5) is 11.2. The second kappa shape index (κ2) is 7.18. The molecule has 142 valence electrons. The van der Waals surface area contributed by atoms with Gasteiger partial charge in [0.05, 0.1) is 0 Å². The molecule has 1 aliphatic heterocycles. The van der Waals surface area contributed by atoms with Gasteiger partial charge in [-0.1, -0.05) is 12.1 Å². The predicted octanol–water partition coefficient (Wildman–Crippen LogP) is 2.94. The van der Waals surface area contributed by atoms with Gasteiger partial charge in [0.1, 0.15) is 11.8 Å². The topological polar surface area (TPSA) is 84.4 Å². The number of nitrogens with one attached hydrogen (secondary N) is 1. The summed E-state index contributed by atoms with van der Waals surface area (Å²) >= 11 is 0. The van der Waals surface area contributed by atoms with E-state index in [0.29, 0.717) is 6.04 Å². The van der Waals surface area contributed by atoms with Crippen molar-refractivity contribution in [3.63, 3.8) is 0 Å². The Labute approximate surface area is 163 Å². The van der Waals surface area contributed by atoms with Crippen molar-refractivity contribution < 1.29 is 0 Å². The summed E-state index contributed by atoms with van der Waals surface area (Å²) in [7, 11) is 0. The predicted molar refractivity (Wildman–Crippen MR) is 110 cm³/mol. The van der Waals surface area contributed by atoms with Gasteiger partial charge in [-0.3, -0.25) is 9.88 Å². The fraction of sp³-hybridized carbons (Fsp3) is 0.286. The van der Waals surface area contributed by atoms with E-state index in [-0.39, 0.29) is 0 Å². The zero-order valence-corrected chi connectivity index (χ0v) is 15.6. The molecule has 28 heavy (non-hydrogen) atoms. The molecule has 1 aromatic carbocycles. The van der Waals surface area contributed by atoms with Crippen LogP contribution >= 0.6 is 0 Å². The van der Waals surface area contributed by atoms with Crippen LogP contribution < -0.4 is 11.1 Å². The van der Waals surface area contributed by atoms with Crippen LogP contribution in [0.3, 0.4) is 0 Å². The molecule has 4 aromatic rings. The van der Waals surface area contributed by atoms with Crippen molar-refractivity contribution in [1.82, 2.24) is 24.5 Å². The second-order valence-corrected chi connectivity index (χ2v) is 7.38. The van der Waals surface area contributed by atoms with E-state index in [4.69, 9.17) is 5.73 Å². The van der Waals surface area contributed by atoms with E-state index in [1.807, 2.05) is 35.2 Å². The number of nitrogens with two attached hydrogens (primary N) is 1. The van der Waals surface area contributed by atoms with Crippen molar-refractivity contribution in [3.05, 3.63) is 60.8 Å². The third kappa shape index (κ3) is 3.19. The molecular formula is C21H23N7. The Morgan fingerprint density at radius 1 is 1.14 bits per heavy atom. The third-order valence-corrected chi connectivity index (χ3v) is 5.50. The molecule has 0 bridgehead atoms. The first-order valence-electron chi connectivity index (χ1n) is 9.67. The summed E-state index contributed by atoms with van der Waals surface area (Å²) in [5.74, 6) is 0.813. The normalized spacial score (nSPS) is 16.0. The summed E-state index contributed by atoms with van der Waals surface area (Å²) in [6.07, 6.45) is 9.38. The van der Waals surface area contributed by atoms with Crippen LogP contribution in [0.2, 0.25) is 0 Å². The Morgan fingerprint density at radius 3 is 2.93 bits per heavy atom. The van der Waals surface area contributed by atoms with Crippen LogP contribution in [0.25, 0.3) is 16.3 Å². The van der Waals surface area contributed by atoms with Crippen LogP contribution in [-0.4, -0.2) is 43.6 Å². The maximum absolute atomic E-state index is 6.05. The van der Waals surface area contributed by atoms with Crippen molar-refractivity contribution in [2.75, 3.05) is 18.4 Å². The monoisotopic (exact) mass is 373 g/mol. The number of hydrogen-bond acceptors (Lipinski definition) is 6. The van der Waals surface area contributed by atoms with Crippen LogP contribution in [0.15, 0.2) is 55.2 Å². The Hall–Kier alpha value is -3.03. The van der Waals surface area contributed by atoms with Gasteiger partial charge in [-0.2, -0.15) is 5.10 Å². The lowest BCUT2D eigenvalue weighted by molar-refractivity contribution is 0.206. The first kappa shape index (κ1) is 17.1. The minimum Gasteiger partial charge on any atom is -0.338 e. The van der Waals surface area contributed by atoms with Crippen molar-refractivity contribution >= 4 is 27.8 Å². The molecule has 0 radical (unpaired) electrons. The van der Waals surface area contributed by atoms with Gasteiger partial charge < -0.3 is 11.1 Å². The van der Waals surface area contributed by atoms with Crippen LogP contribution in [0.4, 0.5) is 11.5 Å². The number of piperidine rings is 1. The smallest absolute Gasteiger partial charge is 0.158 e. The minimum atomic E-state index is 0.337. The molecule has 1 aliphatic rings. The Balaban J connectivity index is 1.50. The largest absolute Gasteiger partial charge is 0.338 e. The fourth-order valence-electron chi connectivity index (χ4n) is 3.95. The molecular weight excluding hydrogens is 350 g/mol. The number of hydrogen-bond donors (Lipinski definition) is 2. The SMILES string of the molecule is NC1CCN(Cc2ccn3ncnc(Nc4cccc5cnccc45)c23)CC1. The van der Waals surface area contributed by atoms with Crippen LogP contribution in [0.5, 0.6) is 0 Å². The number of pyridine rings is 1. The lowest BCUT2D eigenvalue weighted by Crippen LogP contribution is -2.39. The third-order valence-electron chi connectivity index (χ3n) is 5.50. The Kier molecular flexibility index (Phi) is 4.38. The maximum Gasteiger partial charge on any atom is 0.158 e.